The molecule has 0 spiro atoms. The highest BCUT2D eigenvalue weighted by atomic mass is 32.2. The fraction of sp³-hybridized carbons (Fsp3) is 0.423. The SMILES string of the molecule is C/C=C/c1ccc2c(c1)O[C@H](CN(C)Cc1ccc(C(=O)O)cc1)[C@H](C)CN([C@H](C)CO)S2(=O)=O. The molecule has 3 rings (SSSR count). The Labute approximate surface area is 207 Å². The molecule has 190 valence electrons. The van der Waals surface area contributed by atoms with Gasteiger partial charge in [0.05, 0.1) is 12.2 Å². The number of carboxylic acid groups (broad SMARTS) is 1. The maximum Gasteiger partial charge on any atom is 0.335 e. The van der Waals surface area contributed by atoms with Crippen molar-refractivity contribution in [3.63, 3.8) is 0 Å². The van der Waals surface area contributed by atoms with Gasteiger partial charge in [0.1, 0.15) is 16.7 Å². The van der Waals surface area contributed by atoms with Crippen molar-refractivity contribution in [3.8, 4) is 5.75 Å². The van der Waals surface area contributed by atoms with Gasteiger partial charge in [-0.3, -0.25) is 4.90 Å². The summed E-state index contributed by atoms with van der Waals surface area (Å²) in [4.78, 5) is 13.3. The summed E-state index contributed by atoms with van der Waals surface area (Å²) in [6, 6.07) is 11.2. The molecule has 0 bridgehead atoms. The molecule has 1 aliphatic rings. The number of aromatic carboxylic acids is 1. The number of carbonyl (C=O) groups is 1. The average Bonchev–Trinajstić information content (AvgIpc) is 2.81. The van der Waals surface area contributed by atoms with Gasteiger partial charge in [-0.15, -0.1) is 0 Å². The number of likely N-dealkylation sites (N-methyl/N-ethyl adjacent to an activating group) is 1. The number of rotatable bonds is 8. The quantitative estimate of drug-likeness (QED) is 0.570. The number of fused-ring (bicyclic) bond motifs is 1. The number of sulfonamides is 1. The molecule has 1 aliphatic heterocycles. The van der Waals surface area contributed by atoms with E-state index in [0.717, 1.165) is 11.1 Å². The van der Waals surface area contributed by atoms with E-state index in [1.165, 1.54) is 4.31 Å². The van der Waals surface area contributed by atoms with Gasteiger partial charge in [0.2, 0.25) is 10.0 Å². The molecule has 9 heteroatoms. The van der Waals surface area contributed by atoms with Crippen LogP contribution in [-0.4, -0.2) is 72.7 Å². The van der Waals surface area contributed by atoms with Crippen LogP contribution in [0.4, 0.5) is 0 Å². The number of nitrogens with zero attached hydrogens (tertiary/aromatic N) is 2. The molecule has 0 amide bonds. The number of ether oxygens (including phenoxy) is 1. The second-order valence-electron chi connectivity index (χ2n) is 9.14. The summed E-state index contributed by atoms with van der Waals surface area (Å²) in [6.07, 6.45) is 3.44. The number of hydrogen-bond acceptors (Lipinski definition) is 6. The Morgan fingerprint density at radius 3 is 2.54 bits per heavy atom. The van der Waals surface area contributed by atoms with Crippen molar-refractivity contribution in [1.82, 2.24) is 9.21 Å². The lowest BCUT2D eigenvalue weighted by Gasteiger charge is -2.37. The molecule has 2 aromatic rings. The van der Waals surface area contributed by atoms with Crippen molar-refractivity contribution in [3.05, 3.63) is 65.2 Å². The van der Waals surface area contributed by atoms with Crippen LogP contribution in [0.5, 0.6) is 5.75 Å². The first-order chi connectivity index (χ1) is 16.6. The van der Waals surface area contributed by atoms with Crippen molar-refractivity contribution >= 4 is 22.1 Å². The number of aliphatic hydroxyl groups is 1. The van der Waals surface area contributed by atoms with Gasteiger partial charge in [0.15, 0.2) is 0 Å². The molecule has 0 aliphatic carbocycles. The standard InChI is InChI=1S/C26H34N2O6S/c1-5-6-20-9-12-25-23(13-20)34-24(18(2)14-28(19(3)17-29)35(25,32)33)16-27(4)15-21-7-10-22(11-8-21)26(30)31/h5-13,18-19,24,29H,14-17H2,1-4H3,(H,30,31)/b6-5+/t18-,19-,24-/m1/s1. The first-order valence-electron chi connectivity index (χ1n) is 11.6. The minimum Gasteiger partial charge on any atom is -0.487 e. The van der Waals surface area contributed by atoms with Crippen molar-refractivity contribution in [1.29, 1.82) is 0 Å². The normalized spacial score (nSPS) is 21.2. The predicted octanol–water partition coefficient (Wildman–Crippen LogP) is 3.32. The third-order valence-corrected chi connectivity index (χ3v) is 8.21. The van der Waals surface area contributed by atoms with Crippen molar-refractivity contribution in [2.45, 2.75) is 44.4 Å². The second kappa shape index (κ2) is 11.3. The van der Waals surface area contributed by atoms with Crippen LogP contribution in [0, 0.1) is 5.92 Å². The maximum atomic E-state index is 13.5. The monoisotopic (exact) mass is 502 g/mol. The predicted molar refractivity (Wildman–Crippen MR) is 135 cm³/mol. The van der Waals surface area contributed by atoms with Crippen molar-refractivity contribution in [2.75, 3.05) is 26.7 Å². The maximum absolute atomic E-state index is 13.5. The molecule has 0 saturated carbocycles. The summed E-state index contributed by atoms with van der Waals surface area (Å²) >= 11 is 0. The molecule has 3 atom stereocenters. The highest BCUT2D eigenvalue weighted by molar-refractivity contribution is 7.89. The van der Waals surface area contributed by atoms with E-state index in [9.17, 15) is 18.3 Å². The summed E-state index contributed by atoms with van der Waals surface area (Å²) in [7, 11) is -1.92. The molecule has 2 N–H and O–H groups in total. The van der Waals surface area contributed by atoms with Gasteiger partial charge in [-0.2, -0.15) is 4.31 Å². The molecule has 0 saturated heterocycles. The Bertz CT molecular complexity index is 1160. The fourth-order valence-corrected chi connectivity index (χ4v) is 6.02. The van der Waals surface area contributed by atoms with Gasteiger partial charge in [-0.25, -0.2) is 13.2 Å². The summed E-state index contributed by atoms with van der Waals surface area (Å²) in [5.41, 5.74) is 2.04. The molecule has 2 aromatic carbocycles. The number of hydrogen-bond donors (Lipinski definition) is 2. The fourth-order valence-electron chi connectivity index (χ4n) is 4.19. The third kappa shape index (κ3) is 6.29. The zero-order valence-electron chi connectivity index (χ0n) is 20.6. The first kappa shape index (κ1) is 26.9. The van der Waals surface area contributed by atoms with E-state index in [-0.39, 0.29) is 35.6 Å². The van der Waals surface area contributed by atoms with E-state index in [4.69, 9.17) is 9.84 Å². The van der Waals surface area contributed by atoms with Crippen LogP contribution in [0.25, 0.3) is 6.08 Å². The Morgan fingerprint density at radius 2 is 1.94 bits per heavy atom. The molecule has 35 heavy (non-hydrogen) atoms. The minimum atomic E-state index is -3.87. The zero-order valence-corrected chi connectivity index (χ0v) is 21.4. The van der Waals surface area contributed by atoms with Crippen LogP contribution in [-0.2, 0) is 16.6 Å². The molecule has 0 aromatic heterocycles. The van der Waals surface area contributed by atoms with E-state index in [0.29, 0.717) is 18.8 Å². The van der Waals surface area contributed by atoms with Gasteiger partial charge in [-0.05, 0) is 56.3 Å². The molecule has 0 unspecified atom stereocenters. The van der Waals surface area contributed by atoms with Crippen LogP contribution in [0.2, 0.25) is 0 Å². The average molecular weight is 503 g/mol. The van der Waals surface area contributed by atoms with Gasteiger partial charge in [0, 0.05) is 31.6 Å². The first-order valence-corrected chi connectivity index (χ1v) is 13.1. The summed E-state index contributed by atoms with van der Waals surface area (Å²) < 4.78 is 34.7. The van der Waals surface area contributed by atoms with Gasteiger partial charge in [-0.1, -0.05) is 37.3 Å². The van der Waals surface area contributed by atoms with Gasteiger partial charge < -0.3 is 14.9 Å². The van der Waals surface area contributed by atoms with E-state index < -0.39 is 22.0 Å². The van der Waals surface area contributed by atoms with Crippen molar-refractivity contribution < 1.29 is 28.2 Å². The highest BCUT2D eigenvalue weighted by Gasteiger charge is 2.38. The van der Waals surface area contributed by atoms with Gasteiger partial charge >= 0.3 is 5.97 Å². The zero-order chi connectivity index (χ0) is 25.8. The number of allylic oxidation sites excluding steroid dienone is 1. The molecular formula is C26H34N2O6S. The highest BCUT2D eigenvalue weighted by Crippen LogP contribution is 2.34. The lowest BCUT2D eigenvalue weighted by molar-refractivity contribution is 0.0697. The van der Waals surface area contributed by atoms with Crippen LogP contribution in [0.1, 0.15) is 42.3 Å². The number of carboxylic acids is 1. The summed E-state index contributed by atoms with van der Waals surface area (Å²) in [6.45, 7) is 6.57. The second-order valence-corrected chi connectivity index (χ2v) is 11.0. The van der Waals surface area contributed by atoms with Crippen LogP contribution in [0.15, 0.2) is 53.4 Å². The number of aliphatic hydroxyl groups excluding tert-OH is 1. The van der Waals surface area contributed by atoms with E-state index in [1.807, 2.05) is 33.0 Å². The molecule has 0 fully saturated rings. The number of benzene rings is 2. The smallest absolute Gasteiger partial charge is 0.335 e. The Hall–Kier alpha value is -2.72. The molecule has 1 heterocycles. The molecule has 8 nitrogen and oxygen atoms in total. The Morgan fingerprint density at radius 1 is 1.26 bits per heavy atom. The minimum absolute atomic E-state index is 0.0925. The van der Waals surface area contributed by atoms with Gasteiger partial charge in [0.25, 0.3) is 0 Å². The molecular weight excluding hydrogens is 468 g/mol. The lowest BCUT2D eigenvalue weighted by atomic mass is 10.0. The Kier molecular flexibility index (Phi) is 8.71. The van der Waals surface area contributed by atoms with E-state index >= 15 is 0 Å². The Balaban J connectivity index is 1.91. The van der Waals surface area contributed by atoms with Crippen molar-refractivity contribution in [2.24, 2.45) is 5.92 Å². The third-order valence-electron chi connectivity index (χ3n) is 6.20. The summed E-state index contributed by atoms with van der Waals surface area (Å²) in [5.74, 6) is -0.824. The van der Waals surface area contributed by atoms with Crippen LogP contribution >= 0.6 is 0 Å². The van der Waals surface area contributed by atoms with E-state index in [1.54, 1.807) is 49.4 Å². The van der Waals surface area contributed by atoms with E-state index in [2.05, 4.69) is 4.90 Å². The van der Waals surface area contributed by atoms with Crippen LogP contribution < -0.4 is 4.74 Å². The molecule has 0 radical (unpaired) electrons. The lowest BCUT2D eigenvalue weighted by Crippen LogP contribution is -2.49. The summed E-state index contributed by atoms with van der Waals surface area (Å²) in [5, 5.41) is 18.9. The topological polar surface area (TPSA) is 107 Å². The van der Waals surface area contributed by atoms with Crippen LogP contribution in [0.3, 0.4) is 0 Å². The largest absolute Gasteiger partial charge is 0.487 e.